The first-order valence-electron chi connectivity index (χ1n) is 20.1. The molecule has 0 unspecified atom stereocenters. The third-order valence-electron chi connectivity index (χ3n) is 10.6. The third-order valence-corrected chi connectivity index (χ3v) is 10.6. The molecule has 1 aliphatic rings. The van der Waals surface area contributed by atoms with Crippen molar-refractivity contribution in [2.45, 2.75) is 65.5 Å². The summed E-state index contributed by atoms with van der Waals surface area (Å²) in [5.74, 6) is -1.98. The van der Waals surface area contributed by atoms with Gasteiger partial charge in [0, 0.05) is 56.5 Å². The summed E-state index contributed by atoms with van der Waals surface area (Å²) in [5, 5.41) is 24.7. The Morgan fingerprint density at radius 3 is 2.32 bits per heavy atom. The molecule has 1 fully saturated rings. The fraction of sp³-hybridized carbons (Fsp3) is 0.395. The highest BCUT2D eigenvalue weighted by Crippen LogP contribution is 2.27. The van der Waals surface area contributed by atoms with Gasteiger partial charge >= 0.3 is 18.2 Å². The van der Waals surface area contributed by atoms with Gasteiger partial charge < -0.3 is 45.3 Å². The van der Waals surface area contributed by atoms with E-state index in [0.717, 1.165) is 35.7 Å². The molecule has 6 rings (SSSR count). The van der Waals surface area contributed by atoms with Crippen molar-refractivity contribution < 1.29 is 33.4 Å². The van der Waals surface area contributed by atoms with E-state index in [0.29, 0.717) is 57.0 Å². The topological polar surface area (TPSA) is 199 Å². The molecule has 5 N–H and O–H groups in total. The molecule has 1 aliphatic heterocycles. The van der Waals surface area contributed by atoms with Crippen LogP contribution in [-0.2, 0) is 29.2 Å². The van der Waals surface area contributed by atoms with Crippen LogP contribution in [-0.4, -0.2) is 87.0 Å². The van der Waals surface area contributed by atoms with Gasteiger partial charge in [-0.25, -0.2) is 23.5 Å². The average Bonchev–Trinajstić information content (AvgIpc) is 3.74. The van der Waals surface area contributed by atoms with Crippen molar-refractivity contribution in [3.8, 4) is 0 Å². The molecule has 17 heteroatoms. The zero-order chi connectivity index (χ0) is 42.8. The molecule has 3 aromatic carbocycles. The van der Waals surface area contributed by atoms with E-state index < -0.39 is 41.0 Å². The first kappa shape index (κ1) is 43.1. The summed E-state index contributed by atoms with van der Waals surface area (Å²) in [4.78, 5) is 53.4. The Morgan fingerprint density at radius 1 is 0.950 bits per heavy atom. The molecule has 1 saturated heterocycles. The predicted octanol–water partition coefficient (Wildman–Crippen LogP) is 5.92. The number of alkyl carbamates (subject to hydrolysis) is 1. The van der Waals surface area contributed by atoms with Gasteiger partial charge in [0.25, 0.3) is 0 Å². The number of hydrogen-bond acceptors (Lipinski definition) is 11. The van der Waals surface area contributed by atoms with Gasteiger partial charge in [-0.1, -0.05) is 61.5 Å². The molecule has 2 aromatic heterocycles. The second kappa shape index (κ2) is 20.0. The Hall–Kier alpha value is -6.49. The monoisotopic (exact) mass is 825 g/mol. The van der Waals surface area contributed by atoms with Crippen molar-refractivity contribution in [1.29, 1.82) is 0 Å². The Morgan fingerprint density at radius 2 is 1.65 bits per heavy atom. The molecule has 0 radical (unpaired) electrons. The third kappa shape index (κ3) is 10.6. The molecule has 0 saturated carbocycles. The van der Waals surface area contributed by atoms with E-state index >= 15 is 4.39 Å². The van der Waals surface area contributed by atoms with Gasteiger partial charge in [-0.15, -0.1) is 5.10 Å². The van der Waals surface area contributed by atoms with Crippen molar-refractivity contribution in [1.82, 2.24) is 29.8 Å². The first-order chi connectivity index (χ1) is 28.9. The van der Waals surface area contributed by atoms with Crippen LogP contribution in [0.1, 0.15) is 72.9 Å². The number of pyridine rings is 1. The van der Waals surface area contributed by atoms with E-state index in [2.05, 4.69) is 20.9 Å². The Labute approximate surface area is 347 Å². The molecule has 0 spiro atoms. The van der Waals surface area contributed by atoms with Gasteiger partial charge in [-0.3, -0.25) is 4.79 Å². The summed E-state index contributed by atoms with van der Waals surface area (Å²) in [5.41, 5.74) is 8.61. The van der Waals surface area contributed by atoms with Crippen LogP contribution in [0.3, 0.4) is 0 Å². The lowest BCUT2D eigenvalue weighted by Gasteiger charge is -2.35. The number of halogens is 1. The van der Waals surface area contributed by atoms with Gasteiger partial charge in [-0.2, -0.15) is 0 Å². The zero-order valence-corrected chi connectivity index (χ0v) is 34.1. The molecule has 0 bridgehead atoms. The minimum Gasteiger partial charge on any atom is -0.477 e. The first-order valence-corrected chi connectivity index (χ1v) is 20.1. The van der Waals surface area contributed by atoms with E-state index in [-0.39, 0.29) is 36.2 Å². The number of benzene rings is 3. The van der Waals surface area contributed by atoms with Crippen LogP contribution >= 0.6 is 0 Å². The highest BCUT2D eigenvalue weighted by molar-refractivity contribution is 5.93. The number of fused-ring (bicyclic) bond motifs is 1. The maximum absolute atomic E-state index is 15.3. The van der Waals surface area contributed by atoms with E-state index in [1.807, 2.05) is 81.6 Å². The average molecular weight is 826 g/mol. The SMILES string of the molecule is CCn1cc(C(=O)O)c(=O)c2cc(F)c(N3CCN(C(=O)OCc4ccc(NC[C@@H](CCCN)n5cc([C@@H](NC(=O)OCc6ccccc6)C(C)C)nn5)cc4)CC3)cc21. The number of carboxylic acids is 1. The number of rotatable bonds is 17. The van der Waals surface area contributed by atoms with E-state index in [1.165, 1.54) is 6.20 Å². The fourth-order valence-electron chi connectivity index (χ4n) is 7.14. The smallest absolute Gasteiger partial charge is 0.410 e. The van der Waals surface area contributed by atoms with Crippen molar-refractivity contribution in [2.75, 3.05) is 49.5 Å². The minimum absolute atomic E-state index is 0.00233. The number of amides is 2. The Kier molecular flexibility index (Phi) is 14.4. The number of aromatic nitrogens is 4. The minimum atomic E-state index is -1.36. The summed E-state index contributed by atoms with van der Waals surface area (Å²) < 4.78 is 29.8. The number of carbonyl (C=O) groups is 3. The van der Waals surface area contributed by atoms with Gasteiger partial charge in [-0.05, 0) is 67.6 Å². The number of piperazine rings is 1. The summed E-state index contributed by atoms with van der Waals surface area (Å²) in [6.07, 6.45) is 3.65. The predicted molar refractivity (Wildman–Crippen MR) is 224 cm³/mol. The van der Waals surface area contributed by atoms with Crippen molar-refractivity contribution in [3.05, 3.63) is 118 Å². The number of ether oxygens (including phenoxy) is 2. The van der Waals surface area contributed by atoms with Crippen LogP contribution in [0.2, 0.25) is 0 Å². The molecule has 5 aromatic rings. The summed E-state index contributed by atoms with van der Waals surface area (Å²) in [6.45, 7) is 8.74. The lowest BCUT2D eigenvalue weighted by atomic mass is 10.0. The second-order valence-electron chi connectivity index (χ2n) is 15.0. The quantitative estimate of drug-likeness (QED) is 0.0864. The fourth-order valence-corrected chi connectivity index (χ4v) is 7.14. The maximum Gasteiger partial charge on any atom is 0.410 e. The molecule has 16 nitrogen and oxygen atoms in total. The van der Waals surface area contributed by atoms with Crippen LogP contribution in [0.4, 0.5) is 25.4 Å². The highest BCUT2D eigenvalue weighted by atomic mass is 19.1. The van der Waals surface area contributed by atoms with Crippen molar-refractivity contribution in [2.24, 2.45) is 11.7 Å². The van der Waals surface area contributed by atoms with Gasteiger partial charge in [0.1, 0.15) is 30.3 Å². The van der Waals surface area contributed by atoms with Gasteiger partial charge in [0.15, 0.2) is 0 Å². The maximum atomic E-state index is 15.3. The molecule has 3 heterocycles. The van der Waals surface area contributed by atoms with Crippen LogP contribution < -0.4 is 26.7 Å². The molecule has 2 amide bonds. The summed E-state index contributed by atoms with van der Waals surface area (Å²) in [6, 6.07) is 19.2. The van der Waals surface area contributed by atoms with E-state index in [9.17, 15) is 24.3 Å². The number of aryl methyl sites for hydroxylation is 1. The number of carbonyl (C=O) groups excluding carboxylic acids is 2. The summed E-state index contributed by atoms with van der Waals surface area (Å²) >= 11 is 0. The number of nitrogens with two attached hydrogens (primary N) is 1. The molecule has 0 aliphatic carbocycles. The summed E-state index contributed by atoms with van der Waals surface area (Å²) in [7, 11) is 0. The van der Waals surface area contributed by atoms with Crippen LogP contribution in [0.15, 0.2) is 83.9 Å². The molecular formula is C43H52FN9O7. The standard InChI is InChI=1S/C43H52FN9O7/c1-4-50-24-34(41(55)56)40(54)33-21-35(44)38(22-37(33)50)51-17-19-52(20-18-51)43(58)60-27-30-12-14-31(15-13-30)46-23-32(11-8-16-45)53-25-36(48-49-53)39(28(2)3)47-42(57)59-26-29-9-6-5-7-10-29/h5-7,9-10,12-15,21-22,24-25,28,32,39,46H,4,8,11,16-20,23,26-27,45H2,1-3H3,(H,47,57)(H,55,56)/t32-,39+/m1/s1. The molecule has 60 heavy (non-hydrogen) atoms. The van der Waals surface area contributed by atoms with Gasteiger partial charge in [0.2, 0.25) is 5.43 Å². The second-order valence-corrected chi connectivity index (χ2v) is 15.0. The number of nitrogens with zero attached hydrogens (tertiary/aromatic N) is 6. The van der Waals surface area contributed by atoms with Gasteiger partial charge in [0.05, 0.1) is 29.5 Å². The Balaban J connectivity index is 0.991. The number of carboxylic acid groups (broad SMARTS) is 1. The van der Waals surface area contributed by atoms with Crippen LogP contribution in [0, 0.1) is 11.7 Å². The number of aromatic carboxylic acids is 1. The largest absolute Gasteiger partial charge is 0.477 e. The van der Waals surface area contributed by atoms with Crippen molar-refractivity contribution >= 4 is 40.4 Å². The highest BCUT2D eigenvalue weighted by Gasteiger charge is 2.27. The van der Waals surface area contributed by atoms with Crippen LogP contribution in [0.25, 0.3) is 10.9 Å². The molecule has 318 valence electrons. The molecular weight excluding hydrogens is 774 g/mol. The van der Waals surface area contributed by atoms with Crippen molar-refractivity contribution in [3.63, 3.8) is 0 Å². The lowest BCUT2D eigenvalue weighted by molar-refractivity contribution is 0.0694. The molecule has 2 atom stereocenters. The van der Waals surface area contributed by atoms with Crippen LogP contribution in [0.5, 0.6) is 0 Å². The normalized spacial score (nSPS) is 13.9. The van der Waals surface area contributed by atoms with E-state index in [4.69, 9.17) is 15.2 Å². The lowest BCUT2D eigenvalue weighted by Crippen LogP contribution is -2.49. The number of anilines is 2. The van der Waals surface area contributed by atoms with E-state index in [1.54, 1.807) is 25.1 Å². The number of hydrogen-bond donors (Lipinski definition) is 4. The Bertz CT molecular complexity index is 2310. The zero-order valence-electron chi connectivity index (χ0n) is 34.1. The number of nitrogens with one attached hydrogen (secondary N) is 2.